The number of hydrogen-bond donors (Lipinski definition) is 3. The molecule has 0 saturated heterocycles. The minimum absolute atomic E-state index is 0. The van der Waals surface area contributed by atoms with Gasteiger partial charge < -0.3 is 25.0 Å². The predicted molar refractivity (Wildman–Crippen MR) is 117 cm³/mol. The number of ether oxygens (including phenoxy) is 1. The topological polar surface area (TPSA) is 96.6 Å². The zero-order valence-corrected chi connectivity index (χ0v) is 18.4. The lowest BCUT2D eigenvalue weighted by atomic mass is 10.1. The average molecular weight is 488 g/mol. The summed E-state index contributed by atoms with van der Waals surface area (Å²) < 4.78 is 7.13. The van der Waals surface area contributed by atoms with E-state index in [4.69, 9.17) is 4.74 Å². The number of aryl methyl sites for hydroxylation is 1. The van der Waals surface area contributed by atoms with Crippen molar-refractivity contribution in [3.63, 3.8) is 0 Å². The monoisotopic (exact) mass is 488 g/mol. The lowest BCUT2D eigenvalue weighted by Gasteiger charge is -2.12. The Morgan fingerprint density at radius 1 is 1.30 bits per heavy atom. The van der Waals surface area contributed by atoms with Crippen LogP contribution in [0.2, 0.25) is 0 Å². The van der Waals surface area contributed by atoms with Crippen molar-refractivity contribution in [2.75, 3.05) is 26.7 Å². The normalized spacial score (nSPS) is 11.0. The van der Waals surface area contributed by atoms with E-state index >= 15 is 0 Å². The number of nitrogens with zero attached hydrogens (tertiary/aromatic N) is 4. The number of methoxy groups -OCH3 is 1. The second-order valence-electron chi connectivity index (χ2n) is 5.73. The highest BCUT2D eigenvalue weighted by molar-refractivity contribution is 14.0. The fourth-order valence-electron chi connectivity index (χ4n) is 2.55. The lowest BCUT2D eigenvalue weighted by molar-refractivity contribution is 0.406. The molecule has 0 atom stereocenters. The number of phenols is 1. The molecule has 0 aliphatic heterocycles. The fraction of sp³-hybridized carbons (Fsp3) is 0.500. The van der Waals surface area contributed by atoms with Crippen LogP contribution in [0.1, 0.15) is 25.2 Å². The summed E-state index contributed by atoms with van der Waals surface area (Å²) in [4.78, 5) is 4.57. The Hall–Kier alpha value is -2.04. The molecule has 0 saturated carbocycles. The van der Waals surface area contributed by atoms with E-state index in [2.05, 4.69) is 32.7 Å². The highest BCUT2D eigenvalue weighted by Crippen LogP contribution is 2.23. The summed E-state index contributed by atoms with van der Waals surface area (Å²) in [5, 5.41) is 24.6. The molecule has 0 spiro atoms. The van der Waals surface area contributed by atoms with Crippen LogP contribution in [0.3, 0.4) is 0 Å². The summed E-state index contributed by atoms with van der Waals surface area (Å²) in [7, 11) is 1.58. The highest BCUT2D eigenvalue weighted by Gasteiger charge is 2.04. The molecule has 0 aliphatic carbocycles. The Morgan fingerprint density at radius 3 is 2.78 bits per heavy atom. The molecule has 27 heavy (non-hydrogen) atoms. The second-order valence-corrected chi connectivity index (χ2v) is 5.73. The van der Waals surface area contributed by atoms with Gasteiger partial charge in [-0.05, 0) is 25.0 Å². The standard InChI is InChI=1S/C18H28N6O2.HI/c1-4-17-23-22-13-24(17)11-10-21-18(19-5-2)20-9-8-14-6-7-15(26-3)12-16(14)25;/h6-7,12-13,25H,4-5,8-11H2,1-3H3,(H2,19,20,21);1H. The van der Waals surface area contributed by atoms with E-state index in [0.717, 1.165) is 43.4 Å². The summed E-state index contributed by atoms with van der Waals surface area (Å²) in [5.74, 6) is 2.61. The molecule has 1 aromatic heterocycles. The zero-order chi connectivity index (χ0) is 18.8. The first-order valence-corrected chi connectivity index (χ1v) is 8.92. The first kappa shape index (κ1) is 23.0. The van der Waals surface area contributed by atoms with E-state index in [0.29, 0.717) is 18.7 Å². The number of aliphatic imine (C=N–C) groups is 1. The Balaban J connectivity index is 0.00000364. The number of nitrogens with one attached hydrogen (secondary N) is 2. The molecule has 0 radical (unpaired) electrons. The van der Waals surface area contributed by atoms with Crippen molar-refractivity contribution in [2.45, 2.75) is 33.2 Å². The molecule has 1 aromatic carbocycles. The van der Waals surface area contributed by atoms with E-state index in [1.165, 1.54) is 0 Å². The molecule has 0 bridgehead atoms. The van der Waals surface area contributed by atoms with Gasteiger partial charge in [0.1, 0.15) is 23.7 Å². The van der Waals surface area contributed by atoms with Crippen LogP contribution in [0, 0.1) is 0 Å². The van der Waals surface area contributed by atoms with E-state index in [1.807, 2.05) is 23.6 Å². The van der Waals surface area contributed by atoms with Crippen molar-refractivity contribution >= 4 is 29.9 Å². The molecule has 1 heterocycles. The minimum Gasteiger partial charge on any atom is -0.508 e. The van der Waals surface area contributed by atoms with Gasteiger partial charge in [-0.15, -0.1) is 34.2 Å². The van der Waals surface area contributed by atoms with Crippen LogP contribution in [-0.4, -0.2) is 52.6 Å². The number of halogens is 1. The van der Waals surface area contributed by atoms with E-state index in [-0.39, 0.29) is 29.7 Å². The minimum atomic E-state index is 0. The van der Waals surface area contributed by atoms with Crippen molar-refractivity contribution in [2.24, 2.45) is 4.99 Å². The van der Waals surface area contributed by atoms with Gasteiger partial charge in [-0.1, -0.05) is 13.0 Å². The molecule has 8 nitrogen and oxygen atoms in total. The molecular formula is C18H29IN6O2. The third-order valence-electron chi connectivity index (χ3n) is 3.94. The quantitative estimate of drug-likeness (QED) is 0.284. The van der Waals surface area contributed by atoms with Gasteiger partial charge in [0, 0.05) is 38.7 Å². The fourth-order valence-corrected chi connectivity index (χ4v) is 2.55. The van der Waals surface area contributed by atoms with Crippen LogP contribution in [-0.2, 0) is 19.4 Å². The maximum Gasteiger partial charge on any atom is 0.191 e. The molecule has 9 heteroatoms. The number of rotatable bonds is 9. The number of phenolic OH excluding ortho intramolecular Hbond substituents is 1. The van der Waals surface area contributed by atoms with E-state index in [9.17, 15) is 5.11 Å². The summed E-state index contributed by atoms with van der Waals surface area (Å²) >= 11 is 0. The van der Waals surface area contributed by atoms with Crippen LogP contribution in [0.4, 0.5) is 0 Å². The Kier molecular flexibility index (Phi) is 10.5. The molecule has 0 unspecified atom stereocenters. The first-order chi connectivity index (χ1) is 12.7. The molecule has 2 rings (SSSR count). The molecule has 3 N–H and O–H groups in total. The lowest BCUT2D eigenvalue weighted by Crippen LogP contribution is -2.39. The van der Waals surface area contributed by atoms with Gasteiger partial charge in [0.2, 0.25) is 0 Å². The number of aromatic nitrogens is 3. The maximum absolute atomic E-state index is 10.0. The summed E-state index contributed by atoms with van der Waals surface area (Å²) in [6, 6.07) is 5.32. The Bertz CT molecular complexity index is 720. The SMILES string of the molecule is CCNC(=NCCc1ccc(OC)cc1O)NCCn1cnnc1CC.I. The number of guanidine groups is 1. The molecule has 0 fully saturated rings. The van der Waals surface area contributed by atoms with E-state index in [1.54, 1.807) is 19.5 Å². The van der Waals surface area contributed by atoms with Crippen LogP contribution in [0.25, 0.3) is 0 Å². The van der Waals surface area contributed by atoms with Crippen LogP contribution < -0.4 is 15.4 Å². The molecular weight excluding hydrogens is 459 g/mol. The summed E-state index contributed by atoms with van der Waals surface area (Å²) in [5.41, 5.74) is 0.850. The molecule has 0 amide bonds. The van der Waals surface area contributed by atoms with Crippen molar-refractivity contribution in [1.82, 2.24) is 25.4 Å². The Morgan fingerprint density at radius 2 is 2.11 bits per heavy atom. The van der Waals surface area contributed by atoms with Crippen molar-refractivity contribution in [1.29, 1.82) is 0 Å². The molecule has 150 valence electrons. The summed E-state index contributed by atoms with van der Waals surface area (Å²) in [6.45, 7) is 6.95. The van der Waals surface area contributed by atoms with Crippen LogP contribution in [0.15, 0.2) is 29.5 Å². The van der Waals surface area contributed by atoms with Crippen molar-refractivity contribution in [3.8, 4) is 11.5 Å². The number of benzene rings is 1. The van der Waals surface area contributed by atoms with Gasteiger partial charge in [-0.3, -0.25) is 4.99 Å². The third-order valence-corrected chi connectivity index (χ3v) is 3.94. The smallest absolute Gasteiger partial charge is 0.191 e. The second kappa shape index (κ2) is 12.4. The summed E-state index contributed by atoms with van der Waals surface area (Å²) in [6.07, 6.45) is 3.26. The number of hydrogen-bond acceptors (Lipinski definition) is 5. The van der Waals surface area contributed by atoms with Gasteiger partial charge in [0.05, 0.1) is 7.11 Å². The van der Waals surface area contributed by atoms with Gasteiger partial charge in [-0.25, -0.2) is 0 Å². The maximum atomic E-state index is 10.0. The molecule has 2 aromatic rings. The van der Waals surface area contributed by atoms with Gasteiger partial charge in [0.15, 0.2) is 5.96 Å². The van der Waals surface area contributed by atoms with Crippen LogP contribution >= 0.6 is 24.0 Å². The van der Waals surface area contributed by atoms with Gasteiger partial charge in [-0.2, -0.15) is 0 Å². The first-order valence-electron chi connectivity index (χ1n) is 8.92. The zero-order valence-electron chi connectivity index (χ0n) is 16.1. The highest BCUT2D eigenvalue weighted by atomic mass is 127. The van der Waals surface area contributed by atoms with E-state index < -0.39 is 0 Å². The third kappa shape index (κ3) is 7.24. The molecule has 0 aliphatic rings. The van der Waals surface area contributed by atoms with Gasteiger partial charge in [0.25, 0.3) is 0 Å². The van der Waals surface area contributed by atoms with Crippen molar-refractivity contribution in [3.05, 3.63) is 35.9 Å². The van der Waals surface area contributed by atoms with Crippen LogP contribution in [0.5, 0.6) is 11.5 Å². The van der Waals surface area contributed by atoms with Crippen molar-refractivity contribution < 1.29 is 9.84 Å². The predicted octanol–water partition coefficient (Wildman–Crippen LogP) is 1.97. The van der Waals surface area contributed by atoms with Gasteiger partial charge >= 0.3 is 0 Å². The Labute approximate surface area is 177 Å². The largest absolute Gasteiger partial charge is 0.508 e. The number of aromatic hydroxyl groups is 1. The average Bonchev–Trinajstić information content (AvgIpc) is 3.10.